The van der Waals surface area contributed by atoms with Crippen molar-refractivity contribution in [1.29, 1.82) is 0 Å². The zero-order valence-electron chi connectivity index (χ0n) is 15.1. The van der Waals surface area contributed by atoms with Gasteiger partial charge in [-0.1, -0.05) is 5.16 Å². The molecule has 0 saturated carbocycles. The highest BCUT2D eigenvalue weighted by atomic mass is 79.9. The van der Waals surface area contributed by atoms with Crippen LogP contribution >= 0.6 is 15.9 Å². The van der Waals surface area contributed by atoms with Crippen LogP contribution in [-0.4, -0.2) is 49.4 Å². The number of hydrogen-bond donors (Lipinski definition) is 1. The number of halogens is 2. The van der Waals surface area contributed by atoms with Crippen molar-refractivity contribution in [2.45, 2.75) is 12.8 Å². The van der Waals surface area contributed by atoms with E-state index in [0.717, 1.165) is 25.9 Å². The van der Waals surface area contributed by atoms with Crippen molar-refractivity contribution in [3.05, 3.63) is 34.2 Å². The summed E-state index contributed by atoms with van der Waals surface area (Å²) in [6, 6.07) is 4.39. The number of nitrogens with zero attached hydrogens (tertiary/aromatic N) is 4. The number of carbonyl (C=O) groups is 1. The van der Waals surface area contributed by atoms with Crippen molar-refractivity contribution < 1.29 is 23.4 Å². The quantitative estimate of drug-likeness (QED) is 0.223. The van der Waals surface area contributed by atoms with Crippen LogP contribution in [0.3, 0.4) is 0 Å². The molecule has 0 spiro atoms. The Balaban J connectivity index is 1.82. The van der Waals surface area contributed by atoms with E-state index in [1.807, 2.05) is 0 Å². The first-order valence-electron chi connectivity index (χ1n) is 8.63. The molecule has 11 heteroatoms. The van der Waals surface area contributed by atoms with E-state index in [2.05, 4.69) is 41.6 Å². The van der Waals surface area contributed by atoms with Gasteiger partial charge < -0.3 is 19.8 Å². The molecule has 0 amide bonds. The zero-order chi connectivity index (χ0) is 19.9. The van der Waals surface area contributed by atoms with Crippen LogP contribution in [0.5, 0.6) is 5.88 Å². The van der Waals surface area contributed by atoms with E-state index in [0.29, 0.717) is 18.2 Å². The number of oxime groups is 1. The summed E-state index contributed by atoms with van der Waals surface area (Å²) in [7, 11) is 1.65. The minimum absolute atomic E-state index is 0.118. The maximum Gasteiger partial charge on any atom is 0.323 e. The van der Waals surface area contributed by atoms with Gasteiger partial charge in [-0.25, -0.2) is 9.02 Å². The molecule has 0 unspecified atom stereocenters. The second kappa shape index (κ2) is 9.60. The van der Waals surface area contributed by atoms with Crippen LogP contribution in [0.4, 0.5) is 10.1 Å². The molecule has 0 radical (unpaired) electrons. The van der Waals surface area contributed by atoms with E-state index in [4.69, 9.17) is 9.37 Å². The van der Waals surface area contributed by atoms with E-state index in [9.17, 15) is 9.18 Å². The normalized spacial score (nSPS) is 15.3. The number of hydrogen-bond acceptors (Lipinski definition) is 8. The predicted octanol–water partition coefficient (Wildman–Crippen LogP) is 2.32. The highest BCUT2D eigenvalue weighted by Gasteiger charge is 2.25. The molecule has 3 rings (SSSR count). The summed E-state index contributed by atoms with van der Waals surface area (Å²) in [5, 5.41) is 14.7. The molecule has 0 atom stereocenters. The van der Waals surface area contributed by atoms with Gasteiger partial charge >= 0.3 is 6.47 Å². The Morgan fingerprint density at radius 1 is 1.46 bits per heavy atom. The average Bonchev–Trinajstić information content (AvgIpc) is 3.18. The van der Waals surface area contributed by atoms with Crippen LogP contribution in [0, 0.1) is 11.7 Å². The first kappa shape index (κ1) is 20.2. The highest BCUT2D eigenvalue weighted by Crippen LogP contribution is 2.26. The second-order valence-electron chi connectivity index (χ2n) is 6.20. The van der Waals surface area contributed by atoms with Gasteiger partial charge in [0.15, 0.2) is 0 Å². The van der Waals surface area contributed by atoms with E-state index < -0.39 is 5.82 Å². The summed E-state index contributed by atoms with van der Waals surface area (Å²) in [5.41, 5.74) is 0.729. The fourth-order valence-corrected chi connectivity index (χ4v) is 3.17. The Kier molecular flexibility index (Phi) is 6.93. The van der Waals surface area contributed by atoms with Gasteiger partial charge in [0.2, 0.25) is 11.5 Å². The van der Waals surface area contributed by atoms with Crippen LogP contribution in [-0.2, 0) is 9.63 Å². The predicted molar refractivity (Wildman–Crippen MR) is 102 cm³/mol. The molecule has 28 heavy (non-hydrogen) atoms. The topological polar surface area (TPSA) is 102 Å². The summed E-state index contributed by atoms with van der Waals surface area (Å²) in [6.45, 7) is 2.52. The molecule has 2 aromatic rings. The monoisotopic (exact) mass is 455 g/mol. The summed E-state index contributed by atoms with van der Waals surface area (Å²) in [4.78, 5) is 16.8. The lowest BCUT2D eigenvalue weighted by Crippen LogP contribution is -2.31. The molecule has 9 nitrogen and oxygen atoms in total. The number of amidine groups is 1. The van der Waals surface area contributed by atoms with Crippen molar-refractivity contribution >= 4 is 33.9 Å². The molecule has 1 aliphatic rings. The Labute approximate surface area is 168 Å². The zero-order valence-corrected chi connectivity index (χ0v) is 16.7. The van der Waals surface area contributed by atoms with Crippen molar-refractivity contribution in [1.82, 2.24) is 15.6 Å². The standard InChI is InChI=1S/C17H19BrFN5O4/c1-24(12-2-3-14(19)13(18)8-12)16(22-27-10-25)15-17(23-28-21-15)26-9-11-4-6-20-7-5-11/h2-3,8,10-11,20H,4-7,9H2,1H3/b22-16-. The minimum atomic E-state index is -0.408. The van der Waals surface area contributed by atoms with E-state index in [1.54, 1.807) is 24.1 Å². The van der Waals surface area contributed by atoms with Gasteiger partial charge in [-0.2, -0.15) is 0 Å². The molecule has 1 aliphatic heterocycles. The first-order chi connectivity index (χ1) is 13.6. The fourth-order valence-electron chi connectivity index (χ4n) is 2.81. The lowest BCUT2D eigenvalue weighted by Gasteiger charge is -2.22. The number of aromatic nitrogens is 2. The highest BCUT2D eigenvalue weighted by molar-refractivity contribution is 9.10. The molecule has 1 fully saturated rings. The maximum atomic E-state index is 13.6. The van der Waals surface area contributed by atoms with E-state index >= 15 is 0 Å². The third kappa shape index (κ3) is 4.84. The number of piperidine rings is 1. The molecule has 1 aromatic heterocycles. The summed E-state index contributed by atoms with van der Waals surface area (Å²) < 4.78 is 24.4. The molecule has 1 saturated heterocycles. The number of benzene rings is 1. The molecular weight excluding hydrogens is 437 g/mol. The van der Waals surface area contributed by atoms with Crippen LogP contribution in [0.2, 0.25) is 0 Å². The Morgan fingerprint density at radius 3 is 2.96 bits per heavy atom. The number of nitrogens with one attached hydrogen (secondary N) is 1. The number of ether oxygens (including phenoxy) is 1. The lowest BCUT2D eigenvalue weighted by molar-refractivity contribution is -0.128. The number of rotatable bonds is 7. The SMILES string of the molecule is CN(/C(=N\OC=O)c1nonc1OCC1CCNCC1)c1ccc(F)c(Br)c1. The Morgan fingerprint density at radius 2 is 2.25 bits per heavy atom. The average molecular weight is 456 g/mol. The van der Waals surface area contributed by atoms with Gasteiger partial charge in [0.1, 0.15) is 5.82 Å². The van der Waals surface area contributed by atoms with Crippen molar-refractivity contribution in [3.63, 3.8) is 0 Å². The summed E-state index contributed by atoms with van der Waals surface area (Å²) >= 11 is 3.14. The molecule has 2 heterocycles. The summed E-state index contributed by atoms with van der Waals surface area (Å²) in [6.07, 6.45) is 2.00. The molecular formula is C17H19BrFN5O4. The Bertz CT molecular complexity index is 841. The van der Waals surface area contributed by atoms with E-state index in [-0.39, 0.29) is 28.4 Å². The third-order valence-corrected chi connectivity index (χ3v) is 4.98. The second-order valence-corrected chi connectivity index (χ2v) is 7.05. The fraction of sp³-hybridized carbons (Fsp3) is 0.412. The first-order valence-corrected chi connectivity index (χ1v) is 9.42. The minimum Gasteiger partial charge on any atom is -0.474 e. The number of anilines is 1. The van der Waals surface area contributed by atoms with Gasteiger partial charge in [0.05, 0.1) is 11.1 Å². The molecule has 150 valence electrons. The third-order valence-electron chi connectivity index (χ3n) is 4.38. The Hall–Kier alpha value is -2.53. The number of carbonyl (C=O) groups excluding carboxylic acids is 1. The van der Waals surface area contributed by atoms with Gasteiger partial charge in [-0.05, 0) is 76.3 Å². The van der Waals surface area contributed by atoms with E-state index in [1.165, 1.54) is 6.07 Å². The molecule has 0 aliphatic carbocycles. The van der Waals surface area contributed by atoms with Crippen LogP contribution < -0.4 is 15.0 Å². The van der Waals surface area contributed by atoms with Crippen molar-refractivity contribution in [3.8, 4) is 5.88 Å². The molecule has 1 aromatic carbocycles. The van der Waals surface area contributed by atoms with Crippen molar-refractivity contribution in [2.24, 2.45) is 11.1 Å². The van der Waals surface area contributed by atoms with Gasteiger partial charge in [-0.3, -0.25) is 4.79 Å². The van der Waals surface area contributed by atoms with Crippen LogP contribution in [0.1, 0.15) is 18.5 Å². The lowest BCUT2D eigenvalue weighted by atomic mass is 9.99. The van der Waals surface area contributed by atoms with Crippen molar-refractivity contribution in [2.75, 3.05) is 31.6 Å². The van der Waals surface area contributed by atoms with Gasteiger partial charge in [0.25, 0.3) is 5.88 Å². The molecule has 0 bridgehead atoms. The smallest absolute Gasteiger partial charge is 0.323 e. The maximum absolute atomic E-state index is 13.6. The van der Waals surface area contributed by atoms with Crippen LogP contribution in [0.15, 0.2) is 32.5 Å². The molecule has 1 N–H and O–H groups in total. The van der Waals surface area contributed by atoms with Gasteiger partial charge in [0, 0.05) is 12.7 Å². The van der Waals surface area contributed by atoms with Crippen LogP contribution in [0.25, 0.3) is 0 Å². The summed E-state index contributed by atoms with van der Waals surface area (Å²) in [5.74, 6) is 0.240. The van der Waals surface area contributed by atoms with Gasteiger partial charge in [-0.15, -0.1) is 0 Å². The largest absolute Gasteiger partial charge is 0.474 e.